The fraction of sp³-hybridized carbons (Fsp3) is 0.294. The lowest BCUT2D eigenvalue weighted by Gasteiger charge is -2.23. The minimum Gasteiger partial charge on any atom is -0.459 e. The van der Waals surface area contributed by atoms with Crippen LogP contribution >= 0.6 is 0 Å². The summed E-state index contributed by atoms with van der Waals surface area (Å²) in [7, 11) is 1.58. The molecular weight excluding hydrogens is 335 g/mol. The van der Waals surface area contributed by atoms with Gasteiger partial charge in [-0.05, 0) is 25.1 Å². The Morgan fingerprint density at radius 1 is 1.32 bits per heavy atom. The molecule has 0 radical (unpaired) electrons. The number of alkyl halides is 3. The number of furan rings is 1. The zero-order valence-corrected chi connectivity index (χ0v) is 13.6. The van der Waals surface area contributed by atoms with Crippen LogP contribution in [0, 0.1) is 0 Å². The molecule has 25 heavy (non-hydrogen) atoms. The Labute approximate surface area is 141 Å². The molecule has 0 bridgehead atoms. The van der Waals surface area contributed by atoms with Gasteiger partial charge in [-0.1, -0.05) is 18.2 Å². The lowest BCUT2D eigenvalue weighted by molar-refractivity contribution is -0.142. The van der Waals surface area contributed by atoms with Gasteiger partial charge in [-0.2, -0.15) is 18.3 Å². The molecule has 0 fully saturated rings. The molecule has 0 saturated heterocycles. The molecule has 3 rings (SSSR count). The van der Waals surface area contributed by atoms with Gasteiger partial charge in [-0.3, -0.25) is 9.48 Å². The Hall–Kier alpha value is -2.77. The van der Waals surface area contributed by atoms with Gasteiger partial charge in [0.05, 0.1) is 6.04 Å². The number of aromatic nitrogens is 2. The van der Waals surface area contributed by atoms with E-state index in [2.05, 4.69) is 5.10 Å². The number of halogens is 3. The maximum atomic E-state index is 12.6. The number of benzene rings is 1. The predicted octanol–water partition coefficient (Wildman–Crippen LogP) is 3.87. The Morgan fingerprint density at radius 2 is 2.04 bits per heavy atom. The van der Waals surface area contributed by atoms with Crippen LogP contribution in [0.2, 0.25) is 0 Å². The van der Waals surface area contributed by atoms with Crippen LogP contribution in [-0.4, -0.2) is 27.6 Å². The molecule has 0 aliphatic carbocycles. The molecular formula is C17H16F3N3O2. The summed E-state index contributed by atoms with van der Waals surface area (Å²) in [6, 6.07) is 9.80. The number of rotatable bonds is 4. The maximum absolute atomic E-state index is 12.6. The largest absolute Gasteiger partial charge is 0.459 e. The number of para-hydroxylation sites is 1. The summed E-state index contributed by atoms with van der Waals surface area (Å²) in [4.78, 5) is 13.8. The SMILES string of the molecule is CC(c1cc2ccccc2o1)N(C)C(=O)Cn1ccc(C(F)(F)F)n1. The first-order valence-corrected chi connectivity index (χ1v) is 7.60. The maximum Gasteiger partial charge on any atom is 0.435 e. The number of carbonyl (C=O) groups excluding carboxylic acids is 1. The van der Waals surface area contributed by atoms with Crippen molar-refractivity contribution in [1.82, 2.24) is 14.7 Å². The lowest BCUT2D eigenvalue weighted by Crippen LogP contribution is -2.32. The van der Waals surface area contributed by atoms with Crippen LogP contribution < -0.4 is 0 Å². The molecule has 5 nitrogen and oxygen atoms in total. The van der Waals surface area contributed by atoms with E-state index in [1.54, 1.807) is 14.0 Å². The van der Waals surface area contributed by atoms with E-state index < -0.39 is 11.9 Å². The van der Waals surface area contributed by atoms with Crippen molar-refractivity contribution in [2.24, 2.45) is 0 Å². The summed E-state index contributed by atoms with van der Waals surface area (Å²) in [5.74, 6) is 0.235. The first-order valence-electron chi connectivity index (χ1n) is 7.60. The van der Waals surface area contributed by atoms with Crippen LogP contribution in [-0.2, 0) is 17.5 Å². The van der Waals surface area contributed by atoms with E-state index in [4.69, 9.17) is 4.42 Å². The van der Waals surface area contributed by atoms with Crippen LogP contribution in [0.4, 0.5) is 13.2 Å². The molecule has 0 aliphatic rings. The van der Waals surface area contributed by atoms with Crippen molar-refractivity contribution in [2.45, 2.75) is 25.7 Å². The van der Waals surface area contributed by atoms with E-state index in [-0.39, 0.29) is 18.5 Å². The Bertz CT molecular complexity index is 865. The summed E-state index contributed by atoms with van der Waals surface area (Å²) in [6.45, 7) is 1.51. The van der Waals surface area contributed by atoms with Gasteiger partial charge in [0.25, 0.3) is 0 Å². The standard InChI is InChI=1S/C17H16F3N3O2/c1-11(14-9-12-5-3-4-6-13(12)25-14)22(2)16(24)10-23-8-7-15(21-23)17(18,19)20/h3-9,11H,10H2,1-2H3. The minimum atomic E-state index is -4.53. The first kappa shape index (κ1) is 17.1. The highest BCUT2D eigenvalue weighted by molar-refractivity contribution is 5.79. The third-order valence-corrected chi connectivity index (χ3v) is 4.06. The average Bonchev–Trinajstić information content (AvgIpc) is 3.19. The average molecular weight is 351 g/mol. The number of hydrogen-bond acceptors (Lipinski definition) is 3. The predicted molar refractivity (Wildman–Crippen MR) is 84.6 cm³/mol. The van der Waals surface area contributed by atoms with Crippen LogP contribution in [0.5, 0.6) is 0 Å². The summed E-state index contributed by atoms with van der Waals surface area (Å²) in [6.07, 6.45) is -3.39. The van der Waals surface area contributed by atoms with E-state index in [1.165, 1.54) is 4.90 Å². The zero-order valence-electron chi connectivity index (χ0n) is 13.6. The number of amides is 1. The summed E-state index contributed by atoms with van der Waals surface area (Å²) in [5.41, 5.74) is -0.305. The third-order valence-electron chi connectivity index (χ3n) is 4.06. The van der Waals surface area contributed by atoms with Gasteiger partial charge in [0.1, 0.15) is 17.9 Å². The molecule has 0 aliphatic heterocycles. The smallest absolute Gasteiger partial charge is 0.435 e. The second-order valence-corrected chi connectivity index (χ2v) is 5.76. The van der Waals surface area contributed by atoms with Gasteiger partial charge >= 0.3 is 6.18 Å². The molecule has 1 unspecified atom stereocenters. The molecule has 0 N–H and O–H groups in total. The third kappa shape index (κ3) is 3.52. The zero-order chi connectivity index (χ0) is 18.2. The molecule has 1 aromatic carbocycles. The second kappa shape index (κ2) is 6.27. The first-order chi connectivity index (χ1) is 11.8. The quantitative estimate of drug-likeness (QED) is 0.717. The highest BCUT2D eigenvalue weighted by atomic mass is 19.4. The van der Waals surface area contributed by atoms with Gasteiger partial charge in [0, 0.05) is 18.6 Å². The van der Waals surface area contributed by atoms with Crippen molar-refractivity contribution in [2.75, 3.05) is 7.05 Å². The number of carbonyl (C=O) groups is 1. The van der Waals surface area contributed by atoms with E-state index in [1.807, 2.05) is 30.3 Å². The van der Waals surface area contributed by atoms with E-state index in [0.29, 0.717) is 11.3 Å². The van der Waals surface area contributed by atoms with Crippen molar-refractivity contribution < 1.29 is 22.4 Å². The van der Waals surface area contributed by atoms with Crippen molar-refractivity contribution in [3.8, 4) is 0 Å². The van der Waals surface area contributed by atoms with Gasteiger partial charge in [-0.15, -0.1) is 0 Å². The molecule has 8 heteroatoms. The molecule has 3 aromatic rings. The Balaban J connectivity index is 1.72. The molecule has 2 heterocycles. The van der Waals surface area contributed by atoms with Gasteiger partial charge in [0.15, 0.2) is 5.69 Å². The Morgan fingerprint density at radius 3 is 2.68 bits per heavy atom. The highest BCUT2D eigenvalue weighted by Gasteiger charge is 2.33. The van der Waals surface area contributed by atoms with Crippen molar-refractivity contribution in [1.29, 1.82) is 0 Å². The molecule has 0 spiro atoms. The van der Waals surface area contributed by atoms with Crippen molar-refractivity contribution >= 4 is 16.9 Å². The van der Waals surface area contributed by atoms with Crippen molar-refractivity contribution in [3.05, 3.63) is 54.0 Å². The normalized spacial score (nSPS) is 13.2. The molecule has 1 atom stereocenters. The number of likely N-dealkylation sites (N-methyl/N-ethyl adjacent to an activating group) is 1. The fourth-order valence-corrected chi connectivity index (χ4v) is 2.47. The van der Waals surface area contributed by atoms with Gasteiger partial charge in [0.2, 0.25) is 5.91 Å². The van der Waals surface area contributed by atoms with Crippen LogP contribution in [0.15, 0.2) is 47.0 Å². The topological polar surface area (TPSA) is 51.3 Å². The van der Waals surface area contributed by atoms with E-state index >= 15 is 0 Å². The molecule has 0 saturated carbocycles. The summed E-state index contributed by atoms with van der Waals surface area (Å²) < 4.78 is 44.4. The molecule has 2 aromatic heterocycles. The minimum absolute atomic E-state index is 0.281. The molecule has 1 amide bonds. The fourth-order valence-electron chi connectivity index (χ4n) is 2.47. The van der Waals surface area contributed by atoms with Gasteiger partial charge < -0.3 is 9.32 Å². The lowest BCUT2D eigenvalue weighted by atomic mass is 10.2. The van der Waals surface area contributed by atoms with E-state index in [9.17, 15) is 18.0 Å². The second-order valence-electron chi connectivity index (χ2n) is 5.76. The van der Waals surface area contributed by atoms with E-state index in [0.717, 1.165) is 22.3 Å². The summed E-state index contributed by atoms with van der Waals surface area (Å²) >= 11 is 0. The summed E-state index contributed by atoms with van der Waals surface area (Å²) in [5, 5.41) is 4.31. The van der Waals surface area contributed by atoms with Crippen LogP contribution in [0.25, 0.3) is 11.0 Å². The highest BCUT2D eigenvalue weighted by Crippen LogP contribution is 2.28. The number of fused-ring (bicyclic) bond motifs is 1. The Kier molecular flexibility index (Phi) is 4.28. The van der Waals surface area contributed by atoms with Crippen molar-refractivity contribution in [3.63, 3.8) is 0 Å². The monoisotopic (exact) mass is 351 g/mol. The van der Waals surface area contributed by atoms with Crippen LogP contribution in [0.3, 0.4) is 0 Å². The van der Waals surface area contributed by atoms with Gasteiger partial charge in [-0.25, -0.2) is 0 Å². The van der Waals surface area contributed by atoms with Crippen LogP contribution in [0.1, 0.15) is 24.4 Å². The number of nitrogens with zero attached hydrogens (tertiary/aromatic N) is 3. The molecule has 132 valence electrons. The number of hydrogen-bond donors (Lipinski definition) is 0.